The van der Waals surface area contributed by atoms with Gasteiger partial charge in [0.15, 0.2) is 0 Å². The molecule has 2 N–H and O–H groups in total. The predicted molar refractivity (Wildman–Crippen MR) is 71.4 cm³/mol. The maximum absolute atomic E-state index is 11.7. The molecule has 19 heavy (non-hydrogen) atoms. The van der Waals surface area contributed by atoms with Crippen molar-refractivity contribution in [2.24, 2.45) is 5.73 Å². The number of carbonyl (C=O) groups is 2. The minimum Gasteiger partial charge on any atom is -0.461 e. The van der Waals surface area contributed by atoms with Gasteiger partial charge in [0, 0.05) is 6.42 Å². The molecular formula is C14H25NO4. The lowest BCUT2D eigenvalue weighted by molar-refractivity contribution is -0.155. The monoisotopic (exact) mass is 271 g/mol. The SMILES string of the molecule is CC(C)(C)OC(=O)CCC(N)C(=O)OC1CCCC1. The zero-order chi connectivity index (χ0) is 14.5. The molecule has 0 heterocycles. The fourth-order valence-corrected chi connectivity index (χ4v) is 2.04. The van der Waals surface area contributed by atoms with Crippen molar-refractivity contribution in [1.82, 2.24) is 0 Å². The molecule has 0 radical (unpaired) electrons. The van der Waals surface area contributed by atoms with Crippen molar-refractivity contribution < 1.29 is 19.1 Å². The summed E-state index contributed by atoms with van der Waals surface area (Å²) >= 11 is 0. The van der Waals surface area contributed by atoms with Gasteiger partial charge in [-0.25, -0.2) is 0 Å². The Morgan fingerprint density at radius 1 is 1.26 bits per heavy atom. The quantitative estimate of drug-likeness (QED) is 0.773. The van der Waals surface area contributed by atoms with Gasteiger partial charge in [0.25, 0.3) is 0 Å². The van der Waals surface area contributed by atoms with E-state index in [0.29, 0.717) is 0 Å². The van der Waals surface area contributed by atoms with Crippen molar-refractivity contribution in [1.29, 1.82) is 0 Å². The number of hydrogen-bond donors (Lipinski definition) is 1. The van der Waals surface area contributed by atoms with Crippen molar-refractivity contribution in [3.8, 4) is 0 Å². The van der Waals surface area contributed by atoms with Crippen LogP contribution in [0.1, 0.15) is 59.3 Å². The molecule has 110 valence electrons. The molecule has 0 aromatic rings. The molecule has 5 nitrogen and oxygen atoms in total. The fraction of sp³-hybridized carbons (Fsp3) is 0.857. The summed E-state index contributed by atoms with van der Waals surface area (Å²) in [6.45, 7) is 5.41. The van der Waals surface area contributed by atoms with Crippen LogP contribution < -0.4 is 5.73 Å². The molecule has 0 amide bonds. The van der Waals surface area contributed by atoms with E-state index < -0.39 is 17.6 Å². The largest absolute Gasteiger partial charge is 0.461 e. The van der Waals surface area contributed by atoms with Crippen molar-refractivity contribution in [2.45, 2.75) is 77.0 Å². The van der Waals surface area contributed by atoms with Crippen LogP contribution in [0.25, 0.3) is 0 Å². The molecule has 0 aliphatic heterocycles. The lowest BCUT2D eigenvalue weighted by atomic mass is 10.1. The molecule has 1 rings (SSSR count). The summed E-state index contributed by atoms with van der Waals surface area (Å²) in [7, 11) is 0. The van der Waals surface area contributed by atoms with Crippen molar-refractivity contribution in [3.05, 3.63) is 0 Å². The Kier molecular flexibility index (Phi) is 5.79. The van der Waals surface area contributed by atoms with Gasteiger partial charge in [-0.05, 0) is 52.9 Å². The third kappa shape index (κ3) is 6.57. The Hall–Kier alpha value is -1.10. The number of hydrogen-bond acceptors (Lipinski definition) is 5. The van der Waals surface area contributed by atoms with Gasteiger partial charge in [-0.3, -0.25) is 9.59 Å². The summed E-state index contributed by atoms with van der Waals surface area (Å²) in [4.78, 5) is 23.2. The van der Waals surface area contributed by atoms with Crippen LogP contribution in [0.3, 0.4) is 0 Å². The van der Waals surface area contributed by atoms with Crippen molar-refractivity contribution in [3.63, 3.8) is 0 Å². The van der Waals surface area contributed by atoms with Crippen LogP contribution >= 0.6 is 0 Å². The maximum atomic E-state index is 11.7. The first kappa shape index (κ1) is 16.0. The molecule has 5 heteroatoms. The first-order valence-electron chi connectivity index (χ1n) is 6.96. The van der Waals surface area contributed by atoms with Crippen molar-refractivity contribution in [2.75, 3.05) is 0 Å². The van der Waals surface area contributed by atoms with E-state index in [9.17, 15) is 9.59 Å². The van der Waals surface area contributed by atoms with Gasteiger partial charge >= 0.3 is 11.9 Å². The number of ether oxygens (including phenoxy) is 2. The zero-order valence-corrected chi connectivity index (χ0v) is 12.1. The molecule has 1 fully saturated rings. The van der Waals surface area contributed by atoms with Crippen LogP contribution in [0, 0.1) is 0 Å². The van der Waals surface area contributed by atoms with E-state index in [0.717, 1.165) is 25.7 Å². The summed E-state index contributed by atoms with van der Waals surface area (Å²) in [6.07, 6.45) is 4.46. The Balaban J connectivity index is 2.24. The van der Waals surface area contributed by atoms with Gasteiger partial charge in [0.05, 0.1) is 0 Å². The molecule has 0 aromatic heterocycles. The second kappa shape index (κ2) is 6.89. The average Bonchev–Trinajstić information content (AvgIpc) is 2.76. The van der Waals surface area contributed by atoms with Gasteiger partial charge in [-0.2, -0.15) is 0 Å². The highest BCUT2D eigenvalue weighted by atomic mass is 16.6. The van der Waals surface area contributed by atoms with Gasteiger partial charge in [0.1, 0.15) is 17.7 Å². The molecule has 1 atom stereocenters. The van der Waals surface area contributed by atoms with E-state index in [1.54, 1.807) is 20.8 Å². The number of esters is 2. The van der Waals surface area contributed by atoms with Gasteiger partial charge in [-0.1, -0.05) is 0 Å². The molecule has 1 aliphatic rings. The lowest BCUT2D eigenvalue weighted by Crippen LogP contribution is -2.35. The highest BCUT2D eigenvalue weighted by molar-refractivity contribution is 5.77. The Morgan fingerprint density at radius 2 is 1.84 bits per heavy atom. The van der Waals surface area contributed by atoms with Crippen LogP contribution in [0.5, 0.6) is 0 Å². The van der Waals surface area contributed by atoms with E-state index in [-0.39, 0.29) is 24.9 Å². The Labute approximate surface area is 114 Å². The molecule has 1 saturated carbocycles. The summed E-state index contributed by atoms with van der Waals surface area (Å²) in [5, 5.41) is 0. The average molecular weight is 271 g/mol. The molecule has 1 aliphatic carbocycles. The normalized spacial score (nSPS) is 18.1. The van der Waals surface area contributed by atoms with Gasteiger partial charge in [0.2, 0.25) is 0 Å². The second-order valence-electron chi connectivity index (χ2n) is 6.07. The third-order valence-electron chi connectivity index (χ3n) is 2.97. The lowest BCUT2D eigenvalue weighted by Gasteiger charge is -2.20. The number of carbonyl (C=O) groups excluding carboxylic acids is 2. The molecule has 0 aromatic carbocycles. The fourth-order valence-electron chi connectivity index (χ4n) is 2.04. The molecular weight excluding hydrogens is 246 g/mol. The minimum absolute atomic E-state index is 0.0140. The highest BCUT2D eigenvalue weighted by Crippen LogP contribution is 2.21. The Morgan fingerprint density at radius 3 is 2.37 bits per heavy atom. The van der Waals surface area contributed by atoms with Crippen LogP contribution in [-0.2, 0) is 19.1 Å². The zero-order valence-electron chi connectivity index (χ0n) is 12.1. The number of rotatable bonds is 5. The first-order valence-corrected chi connectivity index (χ1v) is 6.96. The van der Waals surface area contributed by atoms with Crippen LogP contribution in [0.4, 0.5) is 0 Å². The van der Waals surface area contributed by atoms with Crippen LogP contribution in [0.2, 0.25) is 0 Å². The first-order chi connectivity index (χ1) is 8.78. The van der Waals surface area contributed by atoms with Crippen LogP contribution in [-0.4, -0.2) is 29.7 Å². The molecule has 0 bridgehead atoms. The summed E-state index contributed by atoms with van der Waals surface area (Å²) in [5.74, 6) is -0.743. The predicted octanol–water partition coefficient (Wildman–Crippen LogP) is 1.92. The standard InChI is InChI=1S/C14H25NO4/c1-14(2,3)19-12(16)9-8-11(15)13(17)18-10-6-4-5-7-10/h10-11H,4-9,15H2,1-3H3. The second-order valence-corrected chi connectivity index (χ2v) is 6.07. The maximum Gasteiger partial charge on any atom is 0.323 e. The summed E-state index contributed by atoms with van der Waals surface area (Å²) in [6, 6.07) is -0.742. The van der Waals surface area contributed by atoms with E-state index in [1.807, 2.05) is 0 Å². The summed E-state index contributed by atoms with van der Waals surface area (Å²) in [5.41, 5.74) is 5.22. The van der Waals surface area contributed by atoms with Gasteiger partial charge < -0.3 is 15.2 Å². The summed E-state index contributed by atoms with van der Waals surface area (Å²) < 4.78 is 10.4. The van der Waals surface area contributed by atoms with E-state index >= 15 is 0 Å². The van der Waals surface area contributed by atoms with E-state index in [4.69, 9.17) is 15.2 Å². The smallest absolute Gasteiger partial charge is 0.323 e. The third-order valence-corrected chi connectivity index (χ3v) is 2.97. The van der Waals surface area contributed by atoms with Crippen molar-refractivity contribution >= 4 is 11.9 Å². The van der Waals surface area contributed by atoms with E-state index in [2.05, 4.69) is 0 Å². The highest BCUT2D eigenvalue weighted by Gasteiger charge is 2.24. The number of nitrogens with two attached hydrogens (primary N) is 1. The van der Waals surface area contributed by atoms with Gasteiger partial charge in [-0.15, -0.1) is 0 Å². The molecule has 0 saturated heterocycles. The molecule has 1 unspecified atom stereocenters. The minimum atomic E-state index is -0.742. The van der Waals surface area contributed by atoms with Crippen LogP contribution in [0.15, 0.2) is 0 Å². The van der Waals surface area contributed by atoms with E-state index in [1.165, 1.54) is 0 Å². The molecule has 0 spiro atoms. The topological polar surface area (TPSA) is 78.6 Å². The Bertz CT molecular complexity index is 316.